The minimum absolute atomic E-state index is 0.573. The zero-order chi connectivity index (χ0) is 17.1. The molecule has 25 heavy (non-hydrogen) atoms. The van der Waals surface area contributed by atoms with Crippen LogP contribution in [0.25, 0.3) is 21.5 Å². The Balaban J connectivity index is 1.95. The van der Waals surface area contributed by atoms with E-state index in [1.54, 1.807) is 0 Å². The first-order valence-corrected chi connectivity index (χ1v) is 10.2. The summed E-state index contributed by atoms with van der Waals surface area (Å²) in [7, 11) is -1.84. The van der Waals surface area contributed by atoms with Crippen molar-refractivity contribution >= 4 is 41.0 Å². The zero-order valence-electron chi connectivity index (χ0n) is 14.1. The van der Waals surface area contributed by atoms with E-state index in [9.17, 15) is 0 Å². The first kappa shape index (κ1) is 15.8. The van der Waals surface area contributed by atoms with Gasteiger partial charge in [-0.3, -0.25) is 0 Å². The van der Waals surface area contributed by atoms with Crippen molar-refractivity contribution in [1.82, 2.24) is 0 Å². The van der Waals surface area contributed by atoms with E-state index in [-0.39, 0.29) is 0 Å². The molecule has 0 spiro atoms. The molecule has 122 valence electrons. The number of fused-ring (bicyclic) bond motifs is 2. The van der Waals surface area contributed by atoms with Crippen LogP contribution in [0.4, 0.5) is 0 Å². The molecule has 0 aliphatic rings. The summed E-state index contributed by atoms with van der Waals surface area (Å²) in [6, 6.07) is 30.2. The molecule has 0 amide bonds. The predicted octanol–water partition coefficient (Wildman–Crippen LogP) is 4.03. The normalized spacial score (nSPS) is 11.2. The van der Waals surface area contributed by atoms with Gasteiger partial charge in [0.2, 0.25) is 9.04 Å². The third-order valence-corrected chi connectivity index (χ3v) is 7.25. The molecule has 0 fully saturated rings. The molecule has 4 rings (SSSR count). The molecule has 0 aliphatic carbocycles. The van der Waals surface area contributed by atoms with E-state index in [0.717, 1.165) is 0 Å². The van der Waals surface area contributed by atoms with Crippen LogP contribution >= 0.6 is 0 Å². The summed E-state index contributed by atoms with van der Waals surface area (Å²) in [5.74, 6) is 0. The fourth-order valence-corrected chi connectivity index (χ4v) is 6.15. The molecular formula is C23H20OSi. The summed E-state index contributed by atoms with van der Waals surface area (Å²) >= 11 is 0. The van der Waals surface area contributed by atoms with E-state index in [2.05, 4.69) is 91.5 Å². The molecule has 0 heterocycles. The van der Waals surface area contributed by atoms with Gasteiger partial charge in [-0.1, -0.05) is 91.0 Å². The van der Waals surface area contributed by atoms with Crippen molar-refractivity contribution in [2.75, 3.05) is 6.61 Å². The van der Waals surface area contributed by atoms with E-state index >= 15 is 0 Å². The maximum atomic E-state index is 6.40. The quantitative estimate of drug-likeness (QED) is 0.394. The first-order valence-electron chi connectivity index (χ1n) is 8.56. The topological polar surface area (TPSA) is 9.23 Å². The molecule has 0 radical (unpaired) electrons. The van der Waals surface area contributed by atoms with Crippen LogP contribution in [-0.4, -0.2) is 15.6 Å². The lowest BCUT2D eigenvalue weighted by Gasteiger charge is -2.20. The number of benzene rings is 4. The Morgan fingerprint density at radius 1 is 0.680 bits per heavy atom. The van der Waals surface area contributed by atoms with Crippen LogP contribution in [0.2, 0.25) is 0 Å². The molecule has 4 aromatic carbocycles. The van der Waals surface area contributed by atoms with Gasteiger partial charge in [0.25, 0.3) is 0 Å². The molecule has 0 saturated heterocycles. The van der Waals surface area contributed by atoms with Gasteiger partial charge < -0.3 is 4.43 Å². The molecule has 4 aromatic rings. The van der Waals surface area contributed by atoms with Gasteiger partial charge in [0.15, 0.2) is 0 Å². The highest BCUT2D eigenvalue weighted by atomic mass is 28.3. The standard InChI is InChI=1S/C23H20OSi/c1-2-17-24-25(22-15-7-11-18-9-3-5-13-20(18)22)23-16-8-12-19-10-4-6-14-21(19)23/h2-16,25H,1,17H2. The molecule has 0 unspecified atom stereocenters. The smallest absolute Gasteiger partial charge is 0.241 e. The summed E-state index contributed by atoms with van der Waals surface area (Å²) < 4.78 is 6.40. The Morgan fingerprint density at radius 3 is 1.68 bits per heavy atom. The van der Waals surface area contributed by atoms with Crippen molar-refractivity contribution in [1.29, 1.82) is 0 Å². The van der Waals surface area contributed by atoms with Crippen LogP contribution in [0.1, 0.15) is 0 Å². The Kier molecular flexibility index (Phi) is 4.46. The van der Waals surface area contributed by atoms with Crippen molar-refractivity contribution in [3.8, 4) is 0 Å². The molecule has 0 atom stereocenters. The van der Waals surface area contributed by atoms with Gasteiger partial charge in [-0.05, 0) is 31.9 Å². The third kappa shape index (κ3) is 3.02. The fraction of sp³-hybridized carbons (Fsp3) is 0.0435. The maximum Gasteiger partial charge on any atom is 0.241 e. The third-order valence-electron chi connectivity index (χ3n) is 4.59. The molecular weight excluding hydrogens is 320 g/mol. The van der Waals surface area contributed by atoms with Crippen LogP contribution in [0.5, 0.6) is 0 Å². The minimum atomic E-state index is -1.84. The Morgan fingerprint density at radius 2 is 1.16 bits per heavy atom. The number of hydrogen-bond acceptors (Lipinski definition) is 1. The molecule has 1 nitrogen and oxygen atoms in total. The van der Waals surface area contributed by atoms with E-state index in [1.807, 2.05) is 6.08 Å². The predicted molar refractivity (Wildman–Crippen MR) is 110 cm³/mol. The maximum absolute atomic E-state index is 6.40. The second-order valence-electron chi connectivity index (χ2n) is 6.14. The van der Waals surface area contributed by atoms with E-state index < -0.39 is 9.04 Å². The van der Waals surface area contributed by atoms with Crippen LogP contribution in [0.15, 0.2) is 97.6 Å². The van der Waals surface area contributed by atoms with Crippen molar-refractivity contribution in [2.24, 2.45) is 0 Å². The summed E-state index contributed by atoms with van der Waals surface area (Å²) in [5.41, 5.74) is 0. The molecule has 0 aromatic heterocycles. The minimum Gasteiger partial charge on any atom is -0.407 e. The van der Waals surface area contributed by atoms with Gasteiger partial charge in [-0.15, -0.1) is 6.58 Å². The molecule has 0 N–H and O–H groups in total. The molecule has 0 bridgehead atoms. The zero-order valence-corrected chi connectivity index (χ0v) is 15.2. The molecule has 0 aliphatic heterocycles. The highest BCUT2D eigenvalue weighted by Crippen LogP contribution is 2.16. The summed E-state index contributed by atoms with van der Waals surface area (Å²) in [4.78, 5) is 0. The monoisotopic (exact) mass is 340 g/mol. The Bertz CT molecular complexity index is 948. The van der Waals surface area contributed by atoms with Crippen molar-refractivity contribution in [3.63, 3.8) is 0 Å². The fourth-order valence-electron chi connectivity index (χ4n) is 3.47. The average molecular weight is 340 g/mol. The average Bonchev–Trinajstić information content (AvgIpc) is 2.68. The van der Waals surface area contributed by atoms with Gasteiger partial charge in [0.1, 0.15) is 0 Å². The highest BCUT2D eigenvalue weighted by Gasteiger charge is 2.21. The lowest BCUT2D eigenvalue weighted by molar-refractivity contribution is 0.383. The SMILES string of the molecule is C=CCO[SiH](c1cccc2ccccc12)c1cccc2ccccc12. The first-order chi connectivity index (χ1) is 12.4. The van der Waals surface area contributed by atoms with Crippen molar-refractivity contribution < 1.29 is 4.43 Å². The van der Waals surface area contributed by atoms with Gasteiger partial charge in [0, 0.05) is 0 Å². The Labute approximate surface area is 149 Å². The van der Waals surface area contributed by atoms with Crippen LogP contribution < -0.4 is 10.4 Å². The second-order valence-corrected chi connectivity index (χ2v) is 8.48. The van der Waals surface area contributed by atoms with Crippen LogP contribution in [0, 0.1) is 0 Å². The lowest BCUT2D eigenvalue weighted by atomic mass is 10.1. The van der Waals surface area contributed by atoms with Gasteiger partial charge >= 0.3 is 0 Å². The van der Waals surface area contributed by atoms with Crippen molar-refractivity contribution in [2.45, 2.75) is 0 Å². The van der Waals surface area contributed by atoms with E-state index in [4.69, 9.17) is 4.43 Å². The van der Waals surface area contributed by atoms with Crippen molar-refractivity contribution in [3.05, 3.63) is 97.6 Å². The van der Waals surface area contributed by atoms with Crippen LogP contribution in [-0.2, 0) is 4.43 Å². The van der Waals surface area contributed by atoms with E-state index in [0.29, 0.717) is 6.61 Å². The van der Waals surface area contributed by atoms with Crippen LogP contribution in [0.3, 0.4) is 0 Å². The Hall–Kier alpha value is -2.68. The summed E-state index contributed by atoms with van der Waals surface area (Å²) in [6.07, 6.45) is 1.84. The molecule has 0 saturated carbocycles. The largest absolute Gasteiger partial charge is 0.407 e. The number of hydrogen-bond donors (Lipinski definition) is 0. The van der Waals surface area contributed by atoms with Gasteiger partial charge in [-0.2, -0.15) is 0 Å². The van der Waals surface area contributed by atoms with Gasteiger partial charge in [-0.25, -0.2) is 0 Å². The molecule has 2 heteroatoms. The van der Waals surface area contributed by atoms with E-state index in [1.165, 1.54) is 31.9 Å². The summed E-state index contributed by atoms with van der Waals surface area (Å²) in [6.45, 7) is 4.41. The highest BCUT2D eigenvalue weighted by molar-refractivity contribution is 6.83. The lowest BCUT2D eigenvalue weighted by Crippen LogP contribution is -2.45. The summed E-state index contributed by atoms with van der Waals surface area (Å²) in [5, 5.41) is 7.77. The van der Waals surface area contributed by atoms with Gasteiger partial charge in [0.05, 0.1) is 6.61 Å². The second kappa shape index (κ2) is 7.05. The number of rotatable bonds is 5.